The van der Waals surface area contributed by atoms with Crippen LogP contribution in [0, 0.1) is 5.92 Å². The second kappa shape index (κ2) is 31.9. The van der Waals surface area contributed by atoms with E-state index in [1.54, 1.807) is 0 Å². The molecule has 0 radical (unpaired) electrons. The highest BCUT2D eigenvalue weighted by Gasteiger charge is 2.52. The molecule has 0 unspecified atom stereocenters. The van der Waals surface area contributed by atoms with E-state index < -0.39 is 42.6 Å². The van der Waals surface area contributed by atoms with Crippen LogP contribution in [0.1, 0.15) is 194 Å². The summed E-state index contributed by atoms with van der Waals surface area (Å²) in [6.45, 7) is 7.41. The van der Waals surface area contributed by atoms with Gasteiger partial charge in [0.25, 0.3) is 0 Å². The Hall–Kier alpha value is -0.770. The molecule has 0 aliphatic heterocycles. The lowest BCUT2D eigenvalue weighted by molar-refractivity contribution is -0.168. The van der Waals surface area contributed by atoms with Crippen molar-refractivity contribution in [3.8, 4) is 0 Å². The van der Waals surface area contributed by atoms with Crippen molar-refractivity contribution in [1.29, 1.82) is 0 Å². The summed E-state index contributed by atoms with van der Waals surface area (Å²) in [4.78, 5) is 12.5. The molecule has 8 nitrogen and oxygen atoms in total. The predicted octanol–water partition coefficient (Wildman–Crippen LogP) is 8.97. The number of aliphatic hydroxyl groups is 4. The molecule has 292 valence electrons. The van der Waals surface area contributed by atoms with E-state index in [0.29, 0.717) is 13.0 Å². The molecule has 49 heavy (non-hydrogen) atoms. The van der Waals surface area contributed by atoms with Crippen molar-refractivity contribution in [3.63, 3.8) is 0 Å². The number of hydrogen-bond donors (Lipinski definition) is 4. The molecule has 0 aromatic heterocycles. The summed E-state index contributed by atoms with van der Waals surface area (Å²) < 4.78 is 16.8. The summed E-state index contributed by atoms with van der Waals surface area (Å²) in [7, 11) is 0. The third kappa shape index (κ3) is 24.2. The third-order valence-corrected chi connectivity index (χ3v) is 10.3. The van der Waals surface area contributed by atoms with Crippen LogP contribution in [-0.2, 0) is 19.0 Å². The minimum atomic E-state index is -1.49. The second-order valence-corrected chi connectivity index (χ2v) is 15.2. The molecule has 0 spiro atoms. The fraction of sp³-hybridized carbons (Fsp3) is 0.976. The van der Waals surface area contributed by atoms with Gasteiger partial charge in [-0.3, -0.25) is 4.79 Å². The van der Waals surface area contributed by atoms with Gasteiger partial charge in [-0.15, -0.1) is 0 Å². The largest absolute Gasteiger partial charge is 0.457 e. The molecule has 0 saturated heterocycles. The molecule has 1 rings (SSSR count). The van der Waals surface area contributed by atoms with Gasteiger partial charge in [-0.2, -0.15) is 0 Å². The van der Waals surface area contributed by atoms with Crippen LogP contribution in [0.4, 0.5) is 0 Å². The van der Waals surface area contributed by atoms with Gasteiger partial charge < -0.3 is 34.6 Å². The van der Waals surface area contributed by atoms with Crippen LogP contribution in [0.2, 0.25) is 0 Å². The van der Waals surface area contributed by atoms with E-state index in [-0.39, 0.29) is 19.6 Å². The lowest BCUT2D eigenvalue weighted by atomic mass is 9.96. The number of esters is 1. The standard InChI is InChI=1S/C41H80O8/c1-4-6-8-10-11-12-13-14-15-16-19-22-26-30-36(43)49-41-39(46)37(44)38(45)40(41)48-33-35(42)32-47-31-27-23-20-17-18-21-25-29-34(3)28-24-9-7-5-2/h34-35,37-42,44-46H,4-33H2,1-3H3/t34-,35+,37+,38+,39-,40-,41+/m1/s1. The van der Waals surface area contributed by atoms with Gasteiger partial charge in [0.15, 0.2) is 6.10 Å². The molecule has 0 heterocycles. The first-order valence-electron chi connectivity index (χ1n) is 20.9. The highest BCUT2D eigenvalue weighted by molar-refractivity contribution is 5.69. The van der Waals surface area contributed by atoms with Crippen molar-refractivity contribution in [3.05, 3.63) is 0 Å². The van der Waals surface area contributed by atoms with E-state index >= 15 is 0 Å². The Bertz CT molecular complexity index is 736. The molecule has 1 aliphatic rings. The molecule has 7 atom stereocenters. The molecular weight excluding hydrogens is 620 g/mol. The maximum atomic E-state index is 12.5. The molecule has 0 aromatic rings. The highest BCUT2D eigenvalue weighted by atomic mass is 16.6. The first kappa shape index (κ1) is 46.3. The molecular formula is C41H80O8. The number of hydrogen-bond acceptors (Lipinski definition) is 8. The minimum absolute atomic E-state index is 0.0913. The molecule has 1 fully saturated rings. The fourth-order valence-corrected chi connectivity index (χ4v) is 6.94. The molecule has 8 heteroatoms. The van der Waals surface area contributed by atoms with E-state index in [2.05, 4.69) is 20.8 Å². The number of carbonyl (C=O) groups excluding carboxylic acids is 1. The van der Waals surface area contributed by atoms with Crippen molar-refractivity contribution in [2.24, 2.45) is 5.92 Å². The van der Waals surface area contributed by atoms with Crippen LogP contribution in [0.5, 0.6) is 0 Å². The van der Waals surface area contributed by atoms with Crippen LogP contribution < -0.4 is 0 Å². The zero-order valence-corrected chi connectivity index (χ0v) is 32.2. The van der Waals surface area contributed by atoms with Gasteiger partial charge in [0.2, 0.25) is 0 Å². The summed E-state index contributed by atoms with van der Waals surface area (Å²) >= 11 is 0. The van der Waals surface area contributed by atoms with Gasteiger partial charge in [-0.25, -0.2) is 0 Å². The maximum Gasteiger partial charge on any atom is 0.306 e. The van der Waals surface area contributed by atoms with E-state index in [4.69, 9.17) is 14.2 Å². The van der Waals surface area contributed by atoms with Crippen LogP contribution in [0.25, 0.3) is 0 Å². The molecule has 0 bridgehead atoms. The Balaban J connectivity index is 2.09. The monoisotopic (exact) mass is 701 g/mol. The quantitative estimate of drug-likeness (QED) is 0.0382. The van der Waals surface area contributed by atoms with E-state index in [9.17, 15) is 25.2 Å². The van der Waals surface area contributed by atoms with E-state index in [0.717, 1.165) is 31.6 Å². The summed E-state index contributed by atoms with van der Waals surface area (Å²) in [5.74, 6) is 0.382. The van der Waals surface area contributed by atoms with Gasteiger partial charge >= 0.3 is 5.97 Å². The molecule has 1 saturated carbocycles. The molecule has 0 amide bonds. The topological polar surface area (TPSA) is 126 Å². The van der Waals surface area contributed by atoms with Crippen LogP contribution in [0.3, 0.4) is 0 Å². The number of unbranched alkanes of at least 4 members (excludes halogenated alkanes) is 21. The Morgan fingerprint density at radius 3 is 1.51 bits per heavy atom. The molecule has 1 aliphatic carbocycles. The molecule has 0 aromatic carbocycles. The summed E-state index contributed by atoms with van der Waals surface area (Å²) in [5.41, 5.74) is 0. The van der Waals surface area contributed by atoms with Crippen molar-refractivity contribution in [1.82, 2.24) is 0 Å². The minimum Gasteiger partial charge on any atom is -0.457 e. The van der Waals surface area contributed by atoms with Crippen molar-refractivity contribution in [2.75, 3.05) is 19.8 Å². The lowest BCUT2D eigenvalue weighted by Gasteiger charge is -2.24. The maximum absolute atomic E-state index is 12.5. The zero-order valence-electron chi connectivity index (χ0n) is 32.2. The van der Waals surface area contributed by atoms with Gasteiger partial charge in [-0.05, 0) is 18.8 Å². The fourth-order valence-electron chi connectivity index (χ4n) is 6.94. The average molecular weight is 701 g/mol. The predicted molar refractivity (Wildman–Crippen MR) is 200 cm³/mol. The van der Waals surface area contributed by atoms with Gasteiger partial charge in [0.05, 0.1) is 13.2 Å². The third-order valence-electron chi connectivity index (χ3n) is 10.3. The first-order chi connectivity index (χ1) is 23.8. The molecule has 4 N–H and O–H groups in total. The Labute approximate surface area is 301 Å². The van der Waals surface area contributed by atoms with E-state index in [1.807, 2.05) is 0 Å². The normalized spacial score (nSPS) is 22.1. The van der Waals surface area contributed by atoms with Crippen molar-refractivity contribution in [2.45, 2.75) is 231 Å². The highest BCUT2D eigenvalue weighted by Crippen LogP contribution is 2.28. The van der Waals surface area contributed by atoms with Crippen molar-refractivity contribution < 1.29 is 39.4 Å². The van der Waals surface area contributed by atoms with Crippen LogP contribution in [0.15, 0.2) is 0 Å². The number of carbonyl (C=O) groups is 1. The Morgan fingerprint density at radius 1 is 0.551 bits per heavy atom. The zero-order chi connectivity index (χ0) is 36.0. The summed E-state index contributed by atoms with van der Waals surface area (Å²) in [6, 6.07) is 0. The second-order valence-electron chi connectivity index (χ2n) is 15.2. The van der Waals surface area contributed by atoms with Crippen LogP contribution in [-0.4, -0.2) is 82.8 Å². The smallest absolute Gasteiger partial charge is 0.306 e. The van der Waals surface area contributed by atoms with Gasteiger partial charge in [-0.1, -0.05) is 175 Å². The number of ether oxygens (including phenoxy) is 3. The summed E-state index contributed by atoms with van der Waals surface area (Å²) in [5, 5.41) is 41.4. The van der Waals surface area contributed by atoms with Gasteiger partial charge in [0, 0.05) is 13.0 Å². The Morgan fingerprint density at radius 2 is 0.980 bits per heavy atom. The Kier molecular flexibility index (Phi) is 30.1. The van der Waals surface area contributed by atoms with Crippen LogP contribution >= 0.6 is 0 Å². The average Bonchev–Trinajstić information content (AvgIpc) is 3.28. The van der Waals surface area contributed by atoms with E-state index in [1.165, 1.54) is 135 Å². The number of aliphatic hydroxyl groups excluding tert-OH is 4. The SMILES string of the molecule is CCCCCCCCCCCCCCCC(=O)O[C@H]1[C@H](O)[C@@H](O)[C@H](O)[C@H]1OC[C@@H](O)COCCCCCCCCC[C@H](C)CCCCCC. The number of rotatable bonds is 35. The van der Waals surface area contributed by atoms with Gasteiger partial charge in [0.1, 0.15) is 30.5 Å². The summed E-state index contributed by atoms with van der Waals surface area (Å²) in [6.07, 6.45) is 25.1. The lowest BCUT2D eigenvalue weighted by Crippen LogP contribution is -2.41. The van der Waals surface area contributed by atoms with Crippen molar-refractivity contribution >= 4 is 5.97 Å². The first-order valence-corrected chi connectivity index (χ1v) is 20.9.